The molecular weight excluding hydrogens is 395 g/mol. The fourth-order valence-electron chi connectivity index (χ4n) is 3.47. The molecule has 1 fully saturated rings. The first-order chi connectivity index (χ1) is 13.8. The van der Waals surface area contributed by atoms with Crippen LogP contribution in [0.25, 0.3) is 11.3 Å². The van der Waals surface area contributed by atoms with Crippen LogP contribution in [0.3, 0.4) is 0 Å². The van der Waals surface area contributed by atoms with Gasteiger partial charge in [-0.3, -0.25) is 14.8 Å². The molecule has 158 valence electrons. The molecule has 2 N–H and O–H groups in total. The summed E-state index contributed by atoms with van der Waals surface area (Å²) < 4.78 is 35.9. The molecule has 1 aromatic heterocycles. The number of hydrogen-bond acceptors (Lipinski definition) is 5. The van der Waals surface area contributed by atoms with Gasteiger partial charge in [0.1, 0.15) is 5.82 Å². The number of aromatic amines is 1. The molecule has 2 aromatic rings. The molecule has 0 spiro atoms. The summed E-state index contributed by atoms with van der Waals surface area (Å²) in [6.07, 6.45) is 2.28. The van der Waals surface area contributed by atoms with Gasteiger partial charge in [-0.25, -0.2) is 12.8 Å². The largest absolute Gasteiger partial charge is 0.355 e. The van der Waals surface area contributed by atoms with Gasteiger partial charge in [0.15, 0.2) is 9.84 Å². The quantitative estimate of drug-likeness (QED) is 0.641. The number of nitrogens with one attached hydrogen (secondary N) is 2. The van der Waals surface area contributed by atoms with E-state index in [-0.39, 0.29) is 35.7 Å². The molecule has 29 heavy (non-hydrogen) atoms. The number of hydrogen-bond donors (Lipinski definition) is 2. The van der Waals surface area contributed by atoms with Crippen molar-refractivity contribution in [3.63, 3.8) is 0 Å². The number of aromatic nitrogens is 2. The zero-order valence-corrected chi connectivity index (χ0v) is 17.3. The van der Waals surface area contributed by atoms with Crippen molar-refractivity contribution >= 4 is 15.7 Å². The van der Waals surface area contributed by atoms with Gasteiger partial charge in [0.25, 0.3) is 0 Å². The van der Waals surface area contributed by atoms with Gasteiger partial charge in [0, 0.05) is 17.8 Å². The number of carbonyl (C=O) groups excluding carboxylic acids is 1. The predicted molar refractivity (Wildman–Crippen MR) is 110 cm³/mol. The molecule has 1 saturated heterocycles. The van der Waals surface area contributed by atoms with E-state index in [1.807, 2.05) is 18.0 Å². The molecule has 1 atom stereocenters. The van der Waals surface area contributed by atoms with Gasteiger partial charge < -0.3 is 5.32 Å². The average molecular weight is 423 g/mol. The van der Waals surface area contributed by atoms with Crippen molar-refractivity contribution in [3.05, 3.63) is 41.8 Å². The highest BCUT2D eigenvalue weighted by atomic mass is 32.2. The minimum absolute atomic E-state index is 0.0323. The van der Waals surface area contributed by atoms with Gasteiger partial charge in [-0.1, -0.05) is 0 Å². The second-order valence-electron chi connectivity index (χ2n) is 7.70. The van der Waals surface area contributed by atoms with Crippen LogP contribution in [-0.4, -0.2) is 67.6 Å². The number of sulfone groups is 1. The maximum atomic E-state index is 13.0. The Hall–Kier alpha value is -2.26. The number of benzene rings is 1. The molecule has 0 saturated carbocycles. The van der Waals surface area contributed by atoms with Crippen molar-refractivity contribution in [2.24, 2.45) is 5.92 Å². The topological polar surface area (TPSA) is 95.2 Å². The third-order valence-electron chi connectivity index (χ3n) is 5.09. The number of aryl methyl sites for hydroxylation is 1. The van der Waals surface area contributed by atoms with Crippen LogP contribution in [-0.2, 0) is 21.1 Å². The minimum atomic E-state index is -2.91. The summed E-state index contributed by atoms with van der Waals surface area (Å²) in [5.41, 5.74) is 2.63. The molecule has 9 heteroatoms. The van der Waals surface area contributed by atoms with Gasteiger partial charge in [0.2, 0.25) is 5.91 Å². The third kappa shape index (κ3) is 6.64. The second-order valence-corrected chi connectivity index (χ2v) is 9.93. The van der Waals surface area contributed by atoms with Crippen molar-refractivity contribution in [2.75, 3.05) is 38.2 Å². The van der Waals surface area contributed by atoms with Crippen molar-refractivity contribution in [1.82, 2.24) is 20.4 Å². The number of likely N-dealkylation sites (N-methyl/N-ethyl adjacent to an activating group) is 1. The highest BCUT2D eigenvalue weighted by Crippen LogP contribution is 2.19. The lowest BCUT2D eigenvalue weighted by Crippen LogP contribution is -2.38. The van der Waals surface area contributed by atoms with E-state index in [2.05, 4.69) is 15.5 Å². The number of rotatable bonds is 9. The Balaban J connectivity index is 1.35. The number of nitrogens with zero attached hydrogens (tertiary/aromatic N) is 2. The van der Waals surface area contributed by atoms with E-state index in [1.165, 1.54) is 12.1 Å². The van der Waals surface area contributed by atoms with Gasteiger partial charge in [0.05, 0.1) is 23.7 Å². The summed E-state index contributed by atoms with van der Waals surface area (Å²) in [4.78, 5) is 14.0. The smallest absolute Gasteiger partial charge is 0.234 e. The normalized spacial score (nSPS) is 18.2. The maximum absolute atomic E-state index is 13.0. The van der Waals surface area contributed by atoms with Crippen LogP contribution in [0.5, 0.6) is 0 Å². The van der Waals surface area contributed by atoms with Crippen LogP contribution < -0.4 is 5.32 Å². The predicted octanol–water partition coefficient (Wildman–Crippen LogP) is 1.63. The molecule has 1 aliphatic rings. The van der Waals surface area contributed by atoms with Crippen LogP contribution in [0.15, 0.2) is 30.3 Å². The Kier molecular flexibility index (Phi) is 7.02. The standard InChI is InChI=1S/C20H27FN4O3S/c1-25(13-20(26)22-12-15-8-10-29(27,28)14-15)9-2-3-18-11-19(24-23-18)16-4-6-17(21)7-5-16/h4-7,11,15H,2-3,8-10,12-14H2,1H3,(H,22,26)(H,23,24). The number of amides is 1. The molecule has 2 heterocycles. The van der Waals surface area contributed by atoms with Gasteiger partial charge in [-0.2, -0.15) is 5.10 Å². The summed E-state index contributed by atoms with van der Waals surface area (Å²) in [7, 11) is -1.02. The van der Waals surface area contributed by atoms with Crippen LogP contribution in [0.4, 0.5) is 4.39 Å². The summed E-state index contributed by atoms with van der Waals surface area (Å²) in [6, 6.07) is 8.17. The molecule has 0 bridgehead atoms. The fourth-order valence-corrected chi connectivity index (χ4v) is 5.33. The Morgan fingerprint density at radius 2 is 2.10 bits per heavy atom. The Bertz CT molecular complexity index is 927. The van der Waals surface area contributed by atoms with Gasteiger partial charge in [-0.15, -0.1) is 0 Å². The summed E-state index contributed by atoms with van der Waals surface area (Å²) >= 11 is 0. The number of carbonyl (C=O) groups is 1. The average Bonchev–Trinajstić information content (AvgIpc) is 3.27. The van der Waals surface area contributed by atoms with Crippen molar-refractivity contribution in [1.29, 1.82) is 0 Å². The lowest BCUT2D eigenvalue weighted by molar-refractivity contribution is -0.122. The molecule has 1 aliphatic heterocycles. The van der Waals surface area contributed by atoms with E-state index in [9.17, 15) is 17.6 Å². The van der Waals surface area contributed by atoms with Crippen molar-refractivity contribution < 1.29 is 17.6 Å². The molecule has 1 unspecified atom stereocenters. The summed E-state index contributed by atoms with van der Waals surface area (Å²) in [5, 5.41) is 10.1. The van der Waals surface area contributed by atoms with Gasteiger partial charge in [-0.05, 0) is 69.1 Å². The van der Waals surface area contributed by atoms with Crippen molar-refractivity contribution in [3.8, 4) is 11.3 Å². The van der Waals surface area contributed by atoms with Crippen LogP contribution in [0, 0.1) is 11.7 Å². The van der Waals surface area contributed by atoms with Gasteiger partial charge >= 0.3 is 0 Å². The van der Waals surface area contributed by atoms with Crippen LogP contribution in [0.2, 0.25) is 0 Å². The zero-order valence-electron chi connectivity index (χ0n) is 16.5. The second kappa shape index (κ2) is 9.49. The molecule has 1 amide bonds. The molecule has 7 nitrogen and oxygen atoms in total. The zero-order chi connectivity index (χ0) is 20.9. The lowest BCUT2D eigenvalue weighted by Gasteiger charge is -2.17. The molecule has 3 rings (SSSR count). The first-order valence-electron chi connectivity index (χ1n) is 9.76. The maximum Gasteiger partial charge on any atom is 0.234 e. The summed E-state index contributed by atoms with van der Waals surface area (Å²) in [5.74, 6) is 0.0728. The fraction of sp³-hybridized carbons (Fsp3) is 0.500. The van der Waals surface area contributed by atoms with Crippen molar-refractivity contribution in [2.45, 2.75) is 19.3 Å². The third-order valence-corrected chi connectivity index (χ3v) is 6.92. The SMILES string of the molecule is CN(CCCc1cc(-c2ccc(F)cc2)n[nH]1)CC(=O)NCC1CCS(=O)(=O)C1. The van der Waals surface area contributed by atoms with E-state index in [0.29, 0.717) is 13.0 Å². The van der Waals surface area contributed by atoms with Crippen LogP contribution in [0.1, 0.15) is 18.5 Å². The molecular formula is C20H27FN4O3S. The Morgan fingerprint density at radius 3 is 2.79 bits per heavy atom. The van der Waals surface area contributed by atoms with E-state index >= 15 is 0 Å². The van der Waals surface area contributed by atoms with E-state index in [0.717, 1.165) is 36.3 Å². The number of H-pyrrole nitrogens is 1. The van der Waals surface area contributed by atoms with Crippen LogP contribution >= 0.6 is 0 Å². The highest BCUT2D eigenvalue weighted by Gasteiger charge is 2.27. The highest BCUT2D eigenvalue weighted by molar-refractivity contribution is 7.91. The molecule has 0 aliphatic carbocycles. The summed E-state index contributed by atoms with van der Waals surface area (Å²) in [6.45, 7) is 1.45. The first-order valence-corrected chi connectivity index (χ1v) is 11.6. The Morgan fingerprint density at radius 1 is 1.34 bits per heavy atom. The Labute approximate surface area is 170 Å². The molecule has 0 radical (unpaired) electrons. The minimum Gasteiger partial charge on any atom is -0.355 e. The number of halogens is 1. The lowest BCUT2D eigenvalue weighted by atomic mass is 10.1. The monoisotopic (exact) mass is 422 g/mol. The van der Waals surface area contributed by atoms with E-state index in [1.54, 1.807) is 12.1 Å². The van der Waals surface area contributed by atoms with E-state index in [4.69, 9.17) is 0 Å². The molecule has 1 aromatic carbocycles. The first kappa shape index (κ1) is 21.4. The van der Waals surface area contributed by atoms with E-state index < -0.39 is 9.84 Å².